The van der Waals surface area contributed by atoms with Crippen molar-refractivity contribution >= 4 is 52.4 Å². The van der Waals surface area contributed by atoms with Crippen LogP contribution in [0, 0.1) is 5.82 Å². The highest BCUT2D eigenvalue weighted by atomic mass is 35.5. The van der Waals surface area contributed by atoms with Gasteiger partial charge in [0, 0.05) is 28.5 Å². The van der Waals surface area contributed by atoms with Gasteiger partial charge in [0.1, 0.15) is 23.2 Å². The van der Waals surface area contributed by atoms with Crippen LogP contribution in [-0.4, -0.2) is 34.9 Å². The molecule has 5 rings (SSSR count). The molecule has 3 heterocycles. The molecule has 0 saturated heterocycles. The first-order valence-electron chi connectivity index (χ1n) is 11.3. The van der Waals surface area contributed by atoms with E-state index >= 15 is 0 Å². The zero-order chi connectivity index (χ0) is 26.8. The number of methoxy groups -OCH3 is 1. The van der Waals surface area contributed by atoms with Crippen LogP contribution < -0.4 is 16.0 Å². The Balaban J connectivity index is 1.45. The lowest BCUT2D eigenvalue weighted by atomic mass is 9.95. The Morgan fingerprint density at radius 2 is 1.97 bits per heavy atom. The number of aliphatic imine (C=N–C) groups is 1. The molecule has 0 aliphatic carbocycles. The van der Waals surface area contributed by atoms with E-state index in [1.165, 1.54) is 43.6 Å². The number of amides is 1. The average Bonchev–Trinajstić information content (AvgIpc) is 3.29. The SMILES string of the molecule is COC(=O)c1ccc(NC(=O)C2=C(C)NC(Nc3nc4ccc(F)cc4o3)=NC2c2ccccc2Cl)nc1. The lowest BCUT2D eigenvalue weighted by Crippen LogP contribution is -2.37. The van der Waals surface area contributed by atoms with E-state index < -0.39 is 23.7 Å². The minimum Gasteiger partial charge on any atom is -0.465 e. The van der Waals surface area contributed by atoms with Gasteiger partial charge in [-0.1, -0.05) is 29.8 Å². The normalized spacial score (nSPS) is 15.1. The quantitative estimate of drug-likeness (QED) is 0.310. The average molecular weight is 535 g/mol. The van der Waals surface area contributed by atoms with E-state index in [-0.39, 0.29) is 28.9 Å². The Hall–Kier alpha value is -4.77. The number of benzene rings is 2. The summed E-state index contributed by atoms with van der Waals surface area (Å²) in [6.45, 7) is 1.71. The molecule has 1 aliphatic rings. The fraction of sp³-hybridized carbons (Fsp3) is 0.115. The summed E-state index contributed by atoms with van der Waals surface area (Å²) in [6.07, 6.45) is 1.31. The van der Waals surface area contributed by atoms with Gasteiger partial charge in [-0.15, -0.1) is 0 Å². The molecular formula is C26H20ClFN6O4. The third-order valence-corrected chi connectivity index (χ3v) is 6.03. The predicted octanol–water partition coefficient (Wildman–Crippen LogP) is 4.83. The van der Waals surface area contributed by atoms with Crippen molar-refractivity contribution in [1.29, 1.82) is 0 Å². The van der Waals surface area contributed by atoms with Crippen molar-refractivity contribution in [2.45, 2.75) is 13.0 Å². The van der Waals surface area contributed by atoms with Crippen molar-refractivity contribution in [3.63, 3.8) is 0 Å². The van der Waals surface area contributed by atoms with Gasteiger partial charge in [-0.3, -0.25) is 10.1 Å². The first kappa shape index (κ1) is 24.9. The summed E-state index contributed by atoms with van der Waals surface area (Å²) in [5.41, 5.74) is 2.35. The number of carbonyl (C=O) groups excluding carboxylic acids is 2. The molecule has 2 aromatic carbocycles. The van der Waals surface area contributed by atoms with Crippen LogP contribution in [0.25, 0.3) is 11.1 Å². The molecule has 0 bridgehead atoms. The zero-order valence-corrected chi connectivity index (χ0v) is 20.8. The van der Waals surface area contributed by atoms with Crippen molar-refractivity contribution in [2.75, 3.05) is 17.7 Å². The molecule has 0 saturated carbocycles. The molecule has 1 aliphatic heterocycles. The largest absolute Gasteiger partial charge is 0.465 e. The molecule has 0 spiro atoms. The first-order valence-corrected chi connectivity index (χ1v) is 11.7. The number of fused-ring (bicyclic) bond motifs is 1. The smallest absolute Gasteiger partial charge is 0.339 e. The number of rotatable bonds is 5. The summed E-state index contributed by atoms with van der Waals surface area (Å²) in [4.78, 5) is 38.2. The lowest BCUT2D eigenvalue weighted by Gasteiger charge is -2.26. The molecule has 0 radical (unpaired) electrons. The van der Waals surface area contributed by atoms with Gasteiger partial charge in [-0.25, -0.2) is 19.2 Å². The number of pyridine rings is 1. The predicted molar refractivity (Wildman–Crippen MR) is 139 cm³/mol. The van der Waals surface area contributed by atoms with Gasteiger partial charge in [0.05, 0.1) is 18.2 Å². The number of halogens is 2. The van der Waals surface area contributed by atoms with Crippen molar-refractivity contribution in [3.05, 3.63) is 94.0 Å². The Morgan fingerprint density at radius 3 is 2.71 bits per heavy atom. The third-order valence-electron chi connectivity index (χ3n) is 5.69. The van der Waals surface area contributed by atoms with Gasteiger partial charge < -0.3 is 19.8 Å². The molecule has 38 heavy (non-hydrogen) atoms. The molecule has 2 aromatic heterocycles. The number of hydrogen-bond donors (Lipinski definition) is 3. The van der Waals surface area contributed by atoms with E-state index in [4.69, 9.17) is 16.0 Å². The third kappa shape index (κ3) is 5.04. The maximum Gasteiger partial charge on any atom is 0.339 e. The second kappa shape index (κ2) is 10.3. The number of carbonyl (C=O) groups is 2. The monoisotopic (exact) mass is 534 g/mol. The van der Waals surface area contributed by atoms with Crippen molar-refractivity contribution < 1.29 is 23.1 Å². The number of oxazole rings is 1. The topological polar surface area (TPSA) is 131 Å². The van der Waals surface area contributed by atoms with Crippen molar-refractivity contribution in [1.82, 2.24) is 15.3 Å². The Labute approximate surface area is 220 Å². The maximum absolute atomic E-state index is 13.6. The maximum atomic E-state index is 13.6. The molecule has 0 fully saturated rings. The van der Waals surface area contributed by atoms with E-state index in [9.17, 15) is 14.0 Å². The number of ether oxygens (including phenoxy) is 1. The van der Waals surface area contributed by atoms with Crippen LogP contribution in [0.5, 0.6) is 0 Å². The number of hydrogen-bond acceptors (Lipinski definition) is 9. The molecule has 4 aromatic rings. The van der Waals surface area contributed by atoms with E-state index in [2.05, 4.69) is 35.6 Å². The van der Waals surface area contributed by atoms with Crippen molar-refractivity contribution in [3.8, 4) is 0 Å². The van der Waals surface area contributed by atoms with E-state index in [0.29, 0.717) is 27.4 Å². The lowest BCUT2D eigenvalue weighted by molar-refractivity contribution is -0.113. The highest BCUT2D eigenvalue weighted by Gasteiger charge is 2.31. The second-order valence-corrected chi connectivity index (χ2v) is 8.61. The number of nitrogens with zero attached hydrogens (tertiary/aromatic N) is 3. The van der Waals surface area contributed by atoms with Crippen LogP contribution in [0.3, 0.4) is 0 Å². The summed E-state index contributed by atoms with van der Waals surface area (Å²) >= 11 is 6.49. The molecule has 192 valence electrons. The molecule has 10 nitrogen and oxygen atoms in total. The van der Waals surface area contributed by atoms with Gasteiger partial charge in [0.15, 0.2) is 5.58 Å². The van der Waals surface area contributed by atoms with Crippen LogP contribution >= 0.6 is 11.6 Å². The van der Waals surface area contributed by atoms with E-state index in [1.807, 2.05) is 0 Å². The van der Waals surface area contributed by atoms with E-state index in [0.717, 1.165) is 0 Å². The molecular weight excluding hydrogens is 515 g/mol. The summed E-state index contributed by atoms with van der Waals surface area (Å²) in [6, 6.07) is 13.3. The van der Waals surface area contributed by atoms with Gasteiger partial charge in [0.25, 0.3) is 5.91 Å². The zero-order valence-electron chi connectivity index (χ0n) is 20.1. The number of aromatic nitrogens is 2. The van der Waals surface area contributed by atoms with E-state index in [1.54, 1.807) is 31.2 Å². The minimum atomic E-state index is -0.802. The van der Waals surface area contributed by atoms with Gasteiger partial charge in [-0.05, 0) is 37.3 Å². The Morgan fingerprint density at radius 1 is 1.16 bits per heavy atom. The number of anilines is 2. The molecule has 1 amide bonds. The first-order chi connectivity index (χ1) is 18.3. The van der Waals surface area contributed by atoms with Crippen LogP contribution in [0.2, 0.25) is 5.02 Å². The minimum absolute atomic E-state index is 0.0883. The number of guanidine groups is 1. The molecule has 3 N–H and O–H groups in total. The van der Waals surface area contributed by atoms with Crippen molar-refractivity contribution in [2.24, 2.45) is 4.99 Å². The fourth-order valence-electron chi connectivity index (χ4n) is 3.90. The van der Waals surface area contributed by atoms with Crippen LogP contribution in [0.4, 0.5) is 16.2 Å². The Bertz CT molecular complexity index is 1620. The van der Waals surface area contributed by atoms with Gasteiger partial charge in [-0.2, -0.15) is 4.98 Å². The fourth-order valence-corrected chi connectivity index (χ4v) is 4.14. The van der Waals surface area contributed by atoms with Crippen LogP contribution in [0.1, 0.15) is 28.9 Å². The second-order valence-electron chi connectivity index (χ2n) is 8.20. The summed E-state index contributed by atoms with van der Waals surface area (Å²) in [5.74, 6) is -0.985. The molecule has 1 unspecified atom stereocenters. The molecule has 1 atom stereocenters. The van der Waals surface area contributed by atoms with Crippen LogP contribution in [-0.2, 0) is 9.53 Å². The number of esters is 1. The number of allylic oxidation sites excluding steroid dienone is 1. The summed E-state index contributed by atoms with van der Waals surface area (Å²) in [5, 5.41) is 9.14. The number of nitrogens with one attached hydrogen (secondary N) is 3. The standard InChI is InChI=1S/C26H20ClFN6O4/c1-13-21(23(35)32-20-10-7-14(12-29-20)24(36)37-2)22(16-5-3-4-6-17(16)27)33-25(30-13)34-26-31-18-9-8-15(28)11-19(18)38-26/h3-12,22H,1-2H3,(H,29,32,35)(H2,30,31,33,34). The highest BCUT2D eigenvalue weighted by Crippen LogP contribution is 2.35. The molecule has 12 heteroatoms. The van der Waals surface area contributed by atoms with Crippen LogP contribution in [0.15, 0.2) is 81.5 Å². The summed E-state index contributed by atoms with van der Waals surface area (Å²) in [7, 11) is 1.27. The summed E-state index contributed by atoms with van der Waals surface area (Å²) < 4.78 is 23.8. The highest BCUT2D eigenvalue weighted by molar-refractivity contribution is 6.31. The van der Waals surface area contributed by atoms with Gasteiger partial charge in [0.2, 0.25) is 5.96 Å². The van der Waals surface area contributed by atoms with Gasteiger partial charge >= 0.3 is 12.0 Å². The Kier molecular flexibility index (Phi) is 6.75.